The lowest BCUT2D eigenvalue weighted by Crippen LogP contribution is -2.73. The lowest BCUT2D eigenvalue weighted by atomic mass is 9.49. The van der Waals surface area contributed by atoms with E-state index in [2.05, 4.69) is 9.88 Å². The minimum Gasteiger partial charge on any atom is -0.508 e. The van der Waals surface area contributed by atoms with E-state index in [1.54, 1.807) is 12.1 Å². The summed E-state index contributed by atoms with van der Waals surface area (Å²) in [5.74, 6) is -1.11. The molecule has 5 rings (SSSR count). The summed E-state index contributed by atoms with van der Waals surface area (Å²) in [6.45, 7) is 0.800. The maximum Gasteiger partial charge on any atom is 0.341 e. The number of phenols is 1. The predicted octanol–water partition coefficient (Wildman–Crippen LogP) is 0.807. The van der Waals surface area contributed by atoms with Gasteiger partial charge in [0.15, 0.2) is 0 Å². The molecule has 0 amide bonds. The third-order valence-corrected chi connectivity index (χ3v) is 7.21. The van der Waals surface area contributed by atoms with Gasteiger partial charge in [0.2, 0.25) is 0 Å². The Labute approximate surface area is 161 Å². The van der Waals surface area contributed by atoms with Gasteiger partial charge in [-0.2, -0.15) is 0 Å². The van der Waals surface area contributed by atoms with Gasteiger partial charge in [0.05, 0.1) is 5.60 Å². The third-order valence-electron chi connectivity index (χ3n) is 7.21. The van der Waals surface area contributed by atoms with Crippen molar-refractivity contribution in [3.05, 3.63) is 62.6 Å². The van der Waals surface area contributed by atoms with Gasteiger partial charge in [-0.05, 0) is 61.3 Å². The molecule has 0 radical (unpaired) electrons. The number of aromatic amines is 1. The summed E-state index contributed by atoms with van der Waals surface area (Å²) in [5.41, 5.74) is 0.743. The summed E-state index contributed by atoms with van der Waals surface area (Å²) in [6, 6.07) is 6.63. The number of piperidine rings is 1. The van der Waals surface area contributed by atoms with E-state index in [4.69, 9.17) is 0 Å². The molecule has 0 spiro atoms. The Morgan fingerprint density at radius 3 is 2.79 bits per heavy atom. The minimum atomic E-state index is -1.27. The molecule has 4 N–H and O–H groups in total. The molecule has 2 heterocycles. The van der Waals surface area contributed by atoms with Crippen molar-refractivity contribution in [2.24, 2.45) is 0 Å². The highest BCUT2D eigenvalue weighted by Gasteiger charge is 2.64. The molecule has 2 aliphatic carbocycles. The maximum atomic E-state index is 12.2. The van der Waals surface area contributed by atoms with Crippen LogP contribution in [0.25, 0.3) is 0 Å². The van der Waals surface area contributed by atoms with Crippen molar-refractivity contribution in [3.8, 4) is 5.75 Å². The van der Waals surface area contributed by atoms with Crippen LogP contribution in [0.1, 0.15) is 39.2 Å². The first kappa shape index (κ1) is 17.5. The average Bonchev–Trinajstić information content (AvgIpc) is 2.63. The van der Waals surface area contributed by atoms with Crippen LogP contribution in [0.5, 0.6) is 5.75 Å². The standard InChI is InChI=1S/C21H22N2O5/c1-23-5-4-20-10-16-12(6-14(19(26)27)18(25)22-16)9-21(20,28)17(23)7-11-2-3-13(24)8-15(11)20/h2-3,6,8,17,24,28H,4-5,7,9-10H2,1H3,(H,22,25)(H,26,27)/t17?,20-,21?/m1/s1. The molecule has 2 bridgehead atoms. The van der Waals surface area contributed by atoms with Crippen LogP contribution in [-0.2, 0) is 24.7 Å². The Kier molecular flexibility index (Phi) is 3.40. The van der Waals surface area contributed by atoms with E-state index in [9.17, 15) is 24.9 Å². The highest BCUT2D eigenvalue weighted by Crippen LogP contribution is 2.56. The van der Waals surface area contributed by atoms with E-state index < -0.39 is 22.5 Å². The zero-order valence-electron chi connectivity index (χ0n) is 15.5. The number of pyridine rings is 1. The van der Waals surface area contributed by atoms with Crippen LogP contribution in [0, 0.1) is 0 Å². The van der Waals surface area contributed by atoms with E-state index >= 15 is 0 Å². The number of rotatable bonds is 1. The number of aromatic nitrogens is 1. The second-order valence-corrected chi connectivity index (χ2v) is 8.47. The number of hydrogen-bond acceptors (Lipinski definition) is 5. The number of aliphatic hydroxyl groups is 1. The van der Waals surface area contributed by atoms with Crippen molar-refractivity contribution in [3.63, 3.8) is 0 Å². The number of carboxylic acids is 1. The number of phenolic OH excluding ortho intramolecular Hbond substituents is 1. The Bertz CT molecular complexity index is 1080. The molecular formula is C21H22N2O5. The molecule has 1 aromatic carbocycles. The molecule has 1 fully saturated rings. The molecule has 1 aliphatic heterocycles. The first-order chi connectivity index (χ1) is 13.2. The van der Waals surface area contributed by atoms with Crippen LogP contribution < -0.4 is 5.56 Å². The van der Waals surface area contributed by atoms with Crippen LogP contribution in [0.15, 0.2) is 29.1 Å². The van der Waals surface area contributed by atoms with E-state index in [1.807, 2.05) is 13.1 Å². The van der Waals surface area contributed by atoms with Gasteiger partial charge in [-0.15, -0.1) is 0 Å². The number of carboxylic acid groups (broad SMARTS) is 1. The molecule has 146 valence electrons. The molecule has 1 aromatic heterocycles. The fourth-order valence-corrected chi connectivity index (χ4v) is 5.81. The third kappa shape index (κ3) is 2.06. The smallest absolute Gasteiger partial charge is 0.341 e. The zero-order chi connectivity index (χ0) is 19.8. The normalized spacial score (nSPS) is 30.9. The van der Waals surface area contributed by atoms with E-state index in [1.165, 1.54) is 6.07 Å². The first-order valence-electron chi connectivity index (χ1n) is 9.48. The van der Waals surface area contributed by atoms with Gasteiger partial charge in [-0.3, -0.25) is 4.79 Å². The van der Waals surface area contributed by atoms with Gasteiger partial charge in [0, 0.05) is 30.0 Å². The lowest BCUT2D eigenvalue weighted by Gasteiger charge is -2.63. The Hall–Kier alpha value is -2.64. The number of likely N-dealkylation sites (tertiary alicyclic amines) is 1. The Morgan fingerprint density at radius 2 is 2.04 bits per heavy atom. The van der Waals surface area contributed by atoms with Crippen LogP contribution in [0.4, 0.5) is 0 Å². The largest absolute Gasteiger partial charge is 0.508 e. The maximum absolute atomic E-state index is 12.2. The topological polar surface area (TPSA) is 114 Å². The second kappa shape index (κ2) is 5.46. The van der Waals surface area contributed by atoms with Crippen molar-refractivity contribution in [2.75, 3.05) is 13.6 Å². The average molecular weight is 382 g/mol. The number of fused-ring (bicyclic) bond motifs is 2. The molecule has 3 aliphatic rings. The number of benzene rings is 1. The van der Waals surface area contributed by atoms with E-state index in [-0.39, 0.29) is 23.8 Å². The van der Waals surface area contributed by atoms with Crippen LogP contribution in [0.2, 0.25) is 0 Å². The number of aromatic hydroxyl groups is 1. The highest BCUT2D eigenvalue weighted by molar-refractivity contribution is 5.87. The van der Waals surface area contributed by atoms with Crippen LogP contribution >= 0.6 is 0 Å². The summed E-state index contributed by atoms with van der Waals surface area (Å²) in [4.78, 5) is 28.6. The molecular weight excluding hydrogens is 360 g/mol. The quantitative estimate of drug-likeness (QED) is 0.580. The van der Waals surface area contributed by atoms with Crippen LogP contribution in [-0.4, -0.2) is 56.4 Å². The summed E-state index contributed by atoms with van der Waals surface area (Å²) in [5, 5.41) is 31.5. The van der Waals surface area contributed by atoms with Gasteiger partial charge < -0.3 is 25.2 Å². The number of nitrogens with one attached hydrogen (secondary N) is 1. The van der Waals surface area contributed by atoms with Crippen LogP contribution in [0.3, 0.4) is 0 Å². The molecule has 2 aromatic rings. The van der Waals surface area contributed by atoms with Gasteiger partial charge in [-0.25, -0.2) is 4.79 Å². The fourth-order valence-electron chi connectivity index (χ4n) is 5.81. The SMILES string of the molecule is CN1CC[C@]23Cc4[nH]c(=O)c(C(=O)O)cc4CC2(O)C1Cc1ccc(O)cc13. The molecule has 7 heteroatoms. The number of likely N-dealkylation sites (N-methyl/N-ethyl adjacent to an activating group) is 1. The van der Waals surface area contributed by atoms with Crippen molar-refractivity contribution in [2.45, 2.75) is 42.7 Å². The van der Waals surface area contributed by atoms with Crippen molar-refractivity contribution >= 4 is 5.97 Å². The van der Waals surface area contributed by atoms with Crippen molar-refractivity contribution in [1.29, 1.82) is 0 Å². The summed E-state index contributed by atoms with van der Waals surface area (Å²) in [7, 11) is 2.00. The molecule has 2 unspecified atom stereocenters. The number of carbonyl (C=O) groups is 1. The van der Waals surface area contributed by atoms with Gasteiger partial charge in [-0.1, -0.05) is 6.07 Å². The number of H-pyrrole nitrogens is 1. The monoisotopic (exact) mass is 382 g/mol. The Morgan fingerprint density at radius 1 is 1.25 bits per heavy atom. The van der Waals surface area contributed by atoms with Crippen molar-refractivity contribution < 1.29 is 20.1 Å². The van der Waals surface area contributed by atoms with Gasteiger partial charge in [0.1, 0.15) is 11.3 Å². The van der Waals surface area contributed by atoms with Gasteiger partial charge in [0.25, 0.3) is 5.56 Å². The lowest BCUT2D eigenvalue weighted by molar-refractivity contribution is -0.145. The summed E-state index contributed by atoms with van der Waals surface area (Å²) < 4.78 is 0. The number of nitrogens with zero attached hydrogens (tertiary/aromatic N) is 1. The molecule has 28 heavy (non-hydrogen) atoms. The predicted molar refractivity (Wildman–Crippen MR) is 101 cm³/mol. The Balaban J connectivity index is 1.77. The van der Waals surface area contributed by atoms with E-state index in [0.29, 0.717) is 30.5 Å². The van der Waals surface area contributed by atoms with Crippen molar-refractivity contribution in [1.82, 2.24) is 9.88 Å². The highest BCUT2D eigenvalue weighted by atomic mass is 16.4. The fraction of sp³-hybridized carbons (Fsp3) is 0.429. The van der Waals surface area contributed by atoms with E-state index in [0.717, 1.165) is 17.7 Å². The second-order valence-electron chi connectivity index (χ2n) is 8.47. The number of hydrogen-bond donors (Lipinski definition) is 4. The van der Waals surface area contributed by atoms with Gasteiger partial charge >= 0.3 is 5.97 Å². The summed E-state index contributed by atoms with van der Waals surface area (Å²) in [6.07, 6.45) is 2.03. The summed E-state index contributed by atoms with van der Waals surface area (Å²) >= 11 is 0. The first-order valence-corrected chi connectivity index (χ1v) is 9.48. The molecule has 1 saturated heterocycles. The molecule has 7 nitrogen and oxygen atoms in total. The molecule has 0 saturated carbocycles. The minimum absolute atomic E-state index is 0.119. The zero-order valence-corrected chi connectivity index (χ0v) is 15.5. The number of aromatic carboxylic acids is 1. The molecule has 3 atom stereocenters.